The van der Waals surface area contributed by atoms with Gasteiger partial charge >= 0.3 is 0 Å². The third kappa shape index (κ3) is 3.08. The number of nitrogens with zero attached hydrogens (tertiary/aromatic N) is 3. The summed E-state index contributed by atoms with van der Waals surface area (Å²) < 4.78 is 9.67. The predicted octanol–water partition coefficient (Wildman–Crippen LogP) is 2.08. The van der Waals surface area contributed by atoms with Crippen LogP contribution in [0.5, 0.6) is 5.88 Å². The van der Waals surface area contributed by atoms with E-state index in [1.54, 1.807) is 0 Å². The van der Waals surface area contributed by atoms with Crippen LogP contribution >= 0.6 is 11.3 Å². The molecule has 0 radical (unpaired) electrons. The minimum atomic E-state index is -0.438. The van der Waals surface area contributed by atoms with Gasteiger partial charge in [-0.15, -0.1) is 10.2 Å². The van der Waals surface area contributed by atoms with Crippen LogP contribution in [0.15, 0.2) is 10.6 Å². The first kappa shape index (κ1) is 13.5. The number of carbonyl (C=O) groups is 1. The molecule has 0 fully saturated rings. The number of hydrogen-bond acceptors (Lipinski definition) is 7. The van der Waals surface area contributed by atoms with E-state index in [9.17, 15) is 4.79 Å². The summed E-state index contributed by atoms with van der Waals surface area (Å²) in [7, 11) is 1.44. The van der Waals surface area contributed by atoms with Crippen molar-refractivity contribution in [2.24, 2.45) is 0 Å². The number of rotatable bonds is 3. The Labute approximate surface area is 114 Å². The molecule has 0 aliphatic rings. The molecular weight excluding hydrogens is 268 g/mol. The molecule has 8 heteroatoms. The molecule has 0 unspecified atom stereocenters. The van der Waals surface area contributed by atoms with E-state index in [-0.39, 0.29) is 17.1 Å². The number of methoxy groups -OCH3 is 1. The normalized spacial score (nSPS) is 11.4. The molecule has 2 heterocycles. The van der Waals surface area contributed by atoms with Gasteiger partial charge in [-0.2, -0.15) is 0 Å². The van der Waals surface area contributed by atoms with Crippen LogP contribution in [-0.4, -0.2) is 28.4 Å². The molecular formula is C11H14N4O3S. The summed E-state index contributed by atoms with van der Waals surface area (Å²) in [6, 6.07) is 1.40. The molecule has 2 aromatic rings. The van der Waals surface area contributed by atoms with E-state index in [4.69, 9.17) is 9.26 Å². The Morgan fingerprint density at radius 1 is 1.42 bits per heavy atom. The molecule has 1 N–H and O–H groups in total. The fourth-order valence-electron chi connectivity index (χ4n) is 1.20. The van der Waals surface area contributed by atoms with Gasteiger partial charge in [0.15, 0.2) is 0 Å². The maximum Gasteiger partial charge on any atom is 0.296 e. The molecule has 0 spiro atoms. The minimum Gasteiger partial charge on any atom is -0.479 e. The molecule has 7 nitrogen and oxygen atoms in total. The number of carbonyl (C=O) groups excluding carboxylic acids is 1. The van der Waals surface area contributed by atoms with Crippen molar-refractivity contribution in [2.75, 3.05) is 12.4 Å². The van der Waals surface area contributed by atoms with Crippen molar-refractivity contribution in [1.29, 1.82) is 0 Å². The van der Waals surface area contributed by atoms with Crippen LogP contribution in [0.1, 0.15) is 36.3 Å². The van der Waals surface area contributed by atoms with Gasteiger partial charge in [0.25, 0.3) is 11.8 Å². The molecule has 102 valence electrons. The van der Waals surface area contributed by atoms with E-state index in [0.29, 0.717) is 5.13 Å². The van der Waals surface area contributed by atoms with E-state index < -0.39 is 5.91 Å². The molecule has 19 heavy (non-hydrogen) atoms. The highest BCUT2D eigenvalue weighted by Gasteiger charge is 2.21. The predicted molar refractivity (Wildman–Crippen MR) is 69.6 cm³/mol. The highest BCUT2D eigenvalue weighted by Crippen LogP contribution is 2.27. The summed E-state index contributed by atoms with van der Waals surface area (Å²) in [4.78, 5) is 11.8. The maximum atomic E-state index is 11.8. The Hall–Kier alpha value is -1.96. The smallest absolute Gasteiger partial charge is 0.296 e. The van der Waals surface area contributed by atoms with E-state index in [1.165, 1.54) is 24.5 Å². The average molecular weight is 282 g/mol. The highest BCUT2D eigenvalue weighted by atomic mass is 32.1. The molecule has 0 aliphatic heterocycles. The quantitative estimate of drug-likeness (QED) is 0.927. The van der Waals surface area contributed by atoms with E-state index in [1.807, 2.05) is 20.8 Å². The second-order valence-corrected chi connectivity index (χ2v) is 5.83. The topological polar surface area (TPSA) is 90.1 Å². The monoisotopic (exact) mass is 282 g/mol. The second-order valence-electron chi connectivity index (χ2n) is 4.85. The molecule has 0 atom stereocenters. The van der Waals surface area contributed by atoms with Gasteiger partial charge in [-0.25, -0.2) is 0 Å². The zero-order valence-electron chi connectivity index (χ0n) is 11.1. The summed E-state index contributed by atoms with van der Waals surface area (Å²) >= 11 is 1.33. The van der Waals surface area contributed by atoms with Gasteiger partial charge in [0.2, 0.25) is 10.9 Å². The van der Waals surface area contributed by atoms with Crippen molar-refractivity contribution in [3.8, 4) is 5.88 Å². The van der Waals surface area contributed by atoms with Crippen LogP contribution in [-0.2, 0) is 5.41 Å². The molecule has 0 saturated carbocycles. The van der Waals surface area contributed by atoms with E-state index in [0.717, 1.165) is 5.01 Å². The van der Waals surface area contributed by atoms with Gasteiger partial charge in [0, 0.05) is 5.41 Å². The van der Waals surface area contributed by atoms with Crippen molar-refractivity contribution in [3.63, 3.8) is 0 Å². The zero-order valence-corrected chi connectivity index (χ0v) is 11.9. The van der Waals surface area contributed by atoms with Crippen molar-refractivity contribution in [3.05, 3.63) is 16.8 Å². The van der Waals surface area contributed by atoms with E-state index in [2.05, 4.69) is 20.7 Å². The van der Waals surface area contributed by atoms with Gasteiger partial charge in [0.05, 0.1) is 13.2 Å². The van der Waals surface area contributed by atoms with Crippen LogP contribution in [0.4, 0.5) is 5.13 Å². The SMILES string of the molecule is COc1cc(C(=O)Nc2nnc(C(C)(C)C)s2)on1. The summed E-state index contributed by atoms with van der Waals surface area (Å²) in [5, 5.41) is 15.4. The molecule has 2 rings (SSSR count). The molecule has 0 bridgehead atoms. The average Bonchev–Trinajstić information content (AvgIpc) is 2.95. The minimum absolute atomic E-state index is 0.0596. The first-order chi connectivity index (χ1) is 8.90. The van der Waals surface area contributed by atoms with Gasteiger partial charge in [-0.05, 0) is 5.16 Å². The zero-order chi connectivity index (χ0) is 14.0. The lowest BCUT2D eigenvalue weighted by Gasteiger charge is -2.12. The van der Waals surface area contributed by atoms with Gasteiger partial charge in [-0.3, -0.25) is 10.1 Å². The number of anilines is 1. The standard InChI is InChI=1S/C11H14N4O3S/c1-11(2,3)9-13-14-10(19-9)12-8(16)6-5-7(17-4)15-18-6/h5H,1-4H3,(H,12,14,16). The number of aromatic nitrogens is 3. The Bertz CT molecular complexity index is 585. The van der Waals surface area contributed by atoms with Gasteiger partial charge < -0.3 is 9.26 Å². The number of ether oxygens (including phenoxy) is 1. The summed E-state index contributed by atoms with van der Waals surface area (Å²) in [6.45, 7) is 6.08. The lowest BCUT2D eigenvalue weighted by atomic mass is 9.98. The van der Waals surface area contributed by atoms with Crippen molar-refractivity contribution in [1.82, 2.24) is 15.4 Å². The Balaban J connectivity index is 2.09. The maximum absolute atomic E-state index is 11.8. The number of amides is 1. The van der Waals surface area contributed by atoms with Crippen LogP contribution in [0, 0.1) is 0 Å². The second kappa shape index (κ2) is 4.96. The van der Waals surface area contributed by atoms with Gasteiger partial charge in [-0.1, -0.05) is 32.1 Å². The highest BCUT2D eigenvalue weighted by molar-refractivity contribution is 7.15. The third-order valence-corrected chi connectivity index (χ3v) is 3.47. The largest absolute Gasteiger partial charge is 0.479 e. The van der Waals surface area contributed by atoms with Crippen molar-refractivity contribution in [2.45, 2.75) is 26.2 Å². The fourth-order valence-corrected chi connectivity index (χ4v) is 1.99. The van der Waals surface area contributed by atoms with Crippen molar-refractivity contribution >= 4 is 22.4 Å². The lowest BCUT2D eigenvalue weighted by Crippen LogP contribution is -2.10. The van der Waals surface area contributed by atoms with Crippen LogP contribution in [0.25, 0.3) is 0 Å². The fraction of sp³-hybridized carbons (Fsp3) is 0.455. The number of nitrogens with one attached hydrogen (secondary N) is 1. The number of hydrogen-bond donors (Lipinski definition) is 1. The van der Waals surface area contributed by atoms with Crippen molar-refractivity contribution < 1.29 is 14.1 Å². The van der Waals surface area contributed by atoms with Crippen LogP contribution < -0.4 is 10.1 Å². The molecule has 0 aliphatic carbocycles. The lowest BCUT2D eigenvalue weighted by molar-refractivity contribution is 0.0987. The molecule has 2 aromatic heterocycles. The third-order valence-electron chi connectivity index (χ3n) is 2.21. The molecule has 0 saturated heterocycles. The van der Waals surface area contributed by atoms with Gasteiger partial charge in [0.1, 0.15) is 5.01 Å². The summed E-state index contributed by atoms with van der Waals surface area (Å²) in [5.74, 6) is -0.130. The van der Waals surface area contributed by atoms with Crippen LogP contribution in [0.2, 0.25) is 0 Å². The molecule has 0 aromatic carbocycles. The summed E-state index contributed by atoms with van der Waals surface area (Å²) in [6.07, 6.45) is 0. The Kier molecular flexibility index (Phi) is 3.52. The Morgan fingerprint density at radius 3 is 2.68 bits per heavy atom. The Morgan fingerprint density at radius 2 is 2.16 bits per heavy atom. The van der Waals surface area contributed by atoms with Crippen LogP contribution in [0.3, 0.4) is 0 Å². The van der Waals surface area contributed by atoms with E-state index >= 15 is 0 Å². The molecule has 1 amide bonds. The first-order valence-corrected chi connectivity index (χ1v) is 6.38. The first-order valence-electron chi connectivity index (χ1n) is 5.56. The summed E-state index contributed by atoms with van der Waals surface area (Å²) in [5.41, 5.74) is -0.101.